The average Bonchev–Trinajstić information content (AvgIpc) is 2.39. The maximum absolute atomic E-state index is 10.8. The molecular weight excluding hydrogens is 257 g/mol. The lowest BCUT2D eigenvalue weighted by molar-refractivity contribution is -0.119. The number of halogens is 1. The Morgan fingerprint density at radius 1 is 1.91 bits per heavy atom. The van der Waals surface area contributed by atoms with Crippen molar-refractivity contribution in [3.63, 3.8) is 0 Å². The molecular formula is C7H10INO2. The topological polar surface area (TPSA) is 38.3 Å². The molecule has 2 atom stereocenters. The molecule has 0 aliphatic carbocycles. The monoisotopic (exact) mass is 267 g/mol. The Labute approximate surface area is 79.9 Å². The zero-order valence-electron chi connectivity index (χ0n) is 6.05. The van der Waals surface area contributed by atoms with E-state index in [4.69, 9.17) is 3.07 Å². The largest absolute Gasteiger partial charge is 0.356 e. The molecule has 0 bridgehead atoms. The van der Waals surface area contributed by atoms with Crippen LogP contribution >= 0.6 is 23.0 Å². The highest BCUT2D eigenvalue weighted by molar-refractivity contribution is 14.1. The average molecular weight is 267 g/mol. The summed E-state index contributed by atoms with van der Waals surface area (Å²) in [5.41, 5.74) is 0. The van der Waals surface area contributed by atoms with E-state index in [1.165, 1.54) is 0 Å². The fourth-order valence-electron chi connectivity index (χ4n) is 1.16. The highest BCUT2D eigenvalue weighted by Gasteiger charge is 2.27. The fraction of sp³-hybridized carbons (Fsp3) is 0.571. The van der Waals surface area contributed by atoms with Crippen molar-refractivity contribution in [3.05, 3.63) is 12.7 Å². The standard InChI is InChI=1S/C7H10INO2/c1-2-6(11-8)5-3-7(10)9-4-5/h2,5-6H,1,3-4H2,(H,9,10)/t5-,6?/m1/s1. The fourth-order valence-corrected chi connectivity index (χ4v) is 1.78. The van der Waals surface area contributed by atoms with Crippen molar-refractivity contribution in [1.82, 2.24) is 5.32 Å². The minimum atomic E-state index is -0.00505. The first-order valence-corrected chi connectivity index (χ1v) is 4.32. The Kier molecular flexibility index (Phi) is 3.32. The van der Waals surface area contributed by atoms with Gasteiger partial charge in [0.2, 0.25) is 5.91 Å². The molecule has 1 unspecified atom stereocenters. The molecule has 0 aromatic rings. The maximum Gasteiger partial charge on any atom is 0.220 e. The lowest BCUT2D eigenvalue weighted by atomic mass is 10.0. The zero-order chi connectivity index (χ0) is 8.27. The van der Waals surface area contributed by atoms with Gasteiger partial charge in [-0.15, -0.1) is 6.58 Å². The smallest absolute Gasteiger partial charge is 0.220 e. The molecule has 1 aliphatic heterocycles. The Morgan fingerprint density at radius 2 is 2.64 bits per heavy atom. The van der Waals surface area contributed by atoms with Crippen LogP contribution in [0.1, 0.15) is 6.42 Å². The van der Waals surface area contributed by atoms with E-state index in [1.54, 1.807) is 6.08 Å². The van der Waals surface area contributed by atoms with E-state index in [1.807, 2.05) is 23.0 Å². The molecule has 0 aromatic heterocycles. The number of hydrogen-bond acceptors (Lipinski definition) is 2. The SMILES string of the molecule is C=CC(OI)[C@H]1CNC(=O)C1. The summed E-state index contributed by atoms with van der Waals surface area (Å²) in [7, 11) is 0. The lowest BCUT2D eigenvalue weighted by Crippen LogP contribution is -2.21. The third-order valence-corrected chi connectivity index (χ3v) is 2.40. The first-order chi connectivity index (χ1) is 5.27. The highest BCUT2D eigenvalue weighted by Crippen LogP contribution is 2.19. The first kappa shape index (κ1) is 8.99. The molecule has 1 saturated heterocycles. The number of carbonyl (C=O) groups is 1. The molecule has 11 heavy (non-hydrogen) atoms. The van der Waals surface area contributed by atoms with Crippen molar-refractivity contribution in [2.75, 3.05) is 6.54 Å². The predicted octanol–water partition coefficient (Wildman–Crippen LogP) is 1.04. The van der Waals surface area contributed by atoms with Crippen molar-refractivity contribution in [1.29, 1.82) is 0 Å². The summed E-state index contributed by atoms with van der Waals surface area (Å²) in [4.78, 5) is 10.8. The van der Waals surface area contributed by atoms with E-state index in [2.05, 4.69) is 11.9 Å². The number of carbonyl (C=O) groups excluding carboxylic acids is 1. The van der Waals surface area contributed by atoms with Gasteiger partial charge in [0.15, 0.2) is 0 Å². The third kappa shape index (κ3) is 2.16. The van der Waals surface area contributed by atoms with Crippen LogP contribution in [-0.4, -0.2) is 18.6 Å². The van der Waals surface area contributed by atoms with Gasteiger partial charge in [0, 0.05) is 18.9 Å². The van der Waals surface area contributed by atoms with Gasteiger partial charge in [-0.25, -0.2) is 0 Å². The summed E-state index contributed by atoms with van der Waals surface area (Å²) in [6.45, 7) is 4.34. The van der Waals surface area contributed by atoms with Crippen LogP contribution in [0.2, 0.25) is 0 Å². The third-order valence-electron chi connectivity index (χ3n) is 1.81. The predicted molar refractivity (Wildman–Crippen MR) is 50.2 cm³/mol. The quantitative estimate of drug-likeness (QED) is 0.613. The lowest BCUT2D eigenvalue weighted by Gasteiger charge is -2.13. The van der Waals surface area contributed by atoms with E-state index in [0.717, 1.165) is 0 Å². The molecule has 0 aromatic carbocycles. The Bertz CT molecular complexity index is 172. The summed E-state index contributed by atoms with van der Waals surface area (Å²) in [5, 5.41) is 2.75. The van der Waals surface area contributed by atoms with Crippen LogP contribution in [0.15, 0.2) is 12.7 Å². The molecule has 1 rings (SSSR count). The van der Waals surface area contributed by atoms with Crippen LogP contribution in [-0.2, 0) is 7.86 Å². The van der Waals surface area contributed by atoms with Crippen LogP contribution in [0, 0.1) is 5.92 Å². The molecule has 1 fully saturated rings. The summed E-state index contributed by atoms with van der Waals surface area (Å²) in [5.74, 6) is 0.368. The van der Waals surface area contributed by atoms with E-state index in [0.29, 0.717) is 13.0 Å². The van der Waals surface area contributed by atoms with Crippen LogP contribution in [0.5, 0.6) is 0 Å². The minimum Gasteiger partial charge on any atom is -0.356 e. The van der Waals surface area contributed by atoms with Gasteiger partial charge in [-0.2, -0.15) is 0 Å². The van der Waals surface area contributed by atoms with Gasteiger partial charge in [0.25, 0.3) is 0 Å². The summed E-state index contributed by atoms with van der Waals surface area (Å²) in [6.07, 6.45) is 2.28. The van der Waals surface area contributed by atoms with E-state index < -0.39 is 0 Å². The van der Waals surface area contributed by atoms with Crippen molar-refractivity contribution in [2.24, 2.45) is 5.92 Å². The number of rotatable bonds is 3. The minimum absolute atomic E-state index is 0.00505. The van der Waals surface area contributed by atoms with E-state index >= 15 is 0 Å². The normalized spacial score (nSPS) is 26.3. The molecule has 0 spiro atoms. The number of amides is 1. The van der Waals surface area contributed by atoms with Gasteiger partial charge in [-0.3, -0.25) is 4.79 Å². The molecule has 1 amide bonds. The van der Waals surface area contributed by atoms with Crippen molar-refractivity contribution < 1.29 is 7.86 Å². The van der Waals surface area contributed by atoms with Crippen LogP contribution in [0.3, 0.4) is 0 Å². The van der Waals surface area contributed by atoms with Gasteiger partial charge in [-0.1, -0.05) is 6.08 Å². The van der Waals surface area contributed by atoms with Crippen LogP contribution in [0.4, 0.5) is 0 Å². The molecule has 4 heteroatoms. The highest BCUT2D eigenvalue weighted by atomic mass is 127. The van der Waals surface area contributed by atoms with Crippen LogP contribution in [0.25, 0.3) is 0 Å². The maximum atomic E-state index is 10.8. The summed E-state index contributed by atoms with van der Waals surface area (Å²) < 4.78 is 5.09. The number of nitrogens with one attached hydrogen (secondary N) is 1. The van der Waals surface area contributed by atoms with Gasteiger partial charge in [0.05, 0.1) is 6.10 Å². The molecule has 0 radical (unpaired) electrons. The Hall–Kier alpha value is -0.100. The Balaban J connectivity index is 2.46. The second-order valence-electron chi connectivity index (χ2n) is 2.56. The van der Waals surface area contributed by atoms with Crippen molar-refractivity contribution >= 4 is 28.9 Å². The van der Waals surface area contributed by atoms with Crippen LogP contribution < -0.4 is 5.32 Å². The zero-order valence-corrected chi connectivity index (χ0v) is 8.21. The summed E-state index contributed by atoms with van der Waals surface area (Å²) in [6, 6.07) is 0. The Morgan fingerprint density at radius 3 is 3.00 bits per heavy atom. The molecule has 0 saturated carbocycles. The second kappa shape index (κ2) is 4.06. The van der Waals surface area contributed by atoms with Gasteiger partial charge in [-0.05, 0) is 0 Å². The molecule has 1 N–H and O–H groups in total. The first-order valence-electron chi connectivity index (χ1n) is 3.44. The van der Waals surface area contributed by atoms with Crippen molar-refractivity contribution in [3.8, 4) is 0 Å². The molecule has 62 valence electrons. The van der Waals surface area contributed by atoms with Gasteiger partial charge >= 0.3 is 0 Å². The molecule has 1 aliphatic rings. The molecule has 3 nitrogen and oxygen atoms in total. The van der Waals surface area contributed by atoms with Gasteiger partial charge < -0.3 is 8.38 Å². The van der Waals surface area contributed by atoms with E-state index in [9.17, 15) is 4.79 Å². The molecule has 1 heterocycles. The number of hydrogen-bond donors (Lipinski definition) is 1. The van der Waals surface area contributed by atoms with Gasteiger partial charge in [0.1, 0.15) is 23.0 Å². The van der Waals surface area contributed by atoms with Crippen molar-refractivity contribution in [2.45, 2.75) is 12.5 Å². The summed E-state index contributed by atoms with van der Waals surface area (Å²) >= 11 is 1.84. The van der Waals surface area contributed by atoms with E-state index in [-0.39, 0.29) is 17.9 Å². The second-order valence-corrected chi connectivity index (χ2v) is 3.07.